The fourth-order valence-corrected chi connectivity index (χ4v) is 3.81. The standard InChI is InChI=1S/C12H17NO2S/c14-16(15,10-12-7-4-8-13-12)9-11-5-2-1-3-6-11/h1-3,5-6,12-13H,4,7-10H2/t12-/m0/s1. The molecule has 0 spiro atoms. The monoisotopic (exact) mass is 239 g/mol. The Morgan fingerprint density at radius 1 is 1.25 bits per heavy atom. The molecule has 88 valence electrons. The number of hydrogen-bond donors (Lipinski definition) is 1. The molecule has 0 unspecified atom stereocenters. The normalized spacial score (nSPS) is 21.1. The number of sulfone groups is 1. The van der Waals surface area contributed by atoms with Crippen LogP contribution in [0.15, 0.2) is 30.3 Å². The topological polar surface area (TPSA) is 46.2 Å². The van der Waals surface area contributed by atoms with E-state index in [1.54, 1.807) is 0 Å². The van der Waals surface area contributed by atoms with Crippen LogP contribution in [0.4, 0.5) is 0 Å². The van der Waals surface area contributed by atoms with Crippen LogP contribution in [0.3, 0.4) is 0 Å². The van der Waals surface area contributed by atoms with Crippen LogP contribution in [-0.4, -0.2) is 26.8 Å². The number of rotatable bonds is 4. The smallest absolute Gasteiger partial charge is 0.155 e. The maximum Gasteiger partial charge on any atom is 0.155 e. The average Bonchev–Trinajstić information content (AvgIpc) is 2.70. The van der Waals surface area contributed by atoms with Gasteiger partial charge in [0.15, 0.2) is 9.84 Å². The van der Waals surface area contributed by atoms with Crippen molar-refractivity contribution >= 4 is 9.84 Å². The van der Waals surface area contributed by atoms with Crippen molar-refractivity contribution in [1.82, 2.24) is 5.32 Å². The highest BCUT2D eigenvalue weighted by Gasteiger charge is 2.22. The first kappa shape index (κ1) is 11.6. The van der Waals surface area contributed by atoms with Crippen molar-refractivity contribution in [1.29, 1.82) is 0 Å². The van der Waals surface area contributed by atoms with Gasteiger partial charge in [-0.05, 0) is 24.9 Å². The summed E-state index contributed by atoms with van der Waals surface area (Å²) >= 11 is 0. The molecule has 1 aromatic carbocycles. The fourth-order valence-electron chi connectivity index (χ4n) is 2.09. The summed E-state index contributed by atoms with van der Waals surface area (Å²) in [7, 11) is -2.98. The molecule has 16 heavy (non-hydrogen) atoms. The van der Waals surface area contributed by atoms with Gasteiger partial charge in [0.2, 0.25) is 0 Å². The Kier molecular flexibility index (Phi) is 3.61. The SMILES string of the molecule is O=S(=O)(Cc1ccccc1)C[C@@H]1CCCN1. The first-order valence-electron chi connectivity index (χ1n) is 5.63. The molecule has 1 aromatic rings. The summed E-state index contributed by atoms with van der Waals surface area (Å²) in [6.07, 6.45) is 2.07. The van der Waals surface area contributed by atoms with Crippen LogP contribution in [0.5, 0.6) is 0 Å². The lowest BCUT2D eigenvalue weighted by Gasteiger charge is -2.10. The summed E-state index contributed by atoms with van der Waals surface area (Å²) in [6, 6.07) is 9.53. The molecule has 1 atom stereocenters. The molecule has 1 fully saturated rings. The number of nitrogens with one attached hydrogen (secondary N) is 1. The van der Waals surface area contributed by atoms with Crippen molar-refractivity contribution in [2.24, 2.45) is 0 Å². The van der Waals surface area contributed by atoms with Gasteiger partial charge in [0, 0.05) is 6.04 Å². The molecule has 3 nitrogen and oxygen atoms in total. The van der Waals surface area contributed by atoms with Gasteiger partial charge >= 0.3 is 0 Å². The fraction of sp³-hybridized carbons (Fsp3) is 0.500. The third kappa shape index (κ3) is 3.32. The molecule has 1 aliphatic heterocycles. The average molecular weight is 239 g/mol. The zero-order valence-electron chi connectivity index (χ0n) is 9.22. The van der Waals surface area contributed by atoms with Crippen molar-refractivity contribution in [3.63, 3.8) is 0 Å². The Labute approximate surface area is 96.8 Å². The zero-order valence-corrected chi connectivity index (χ0v) is 10.0. The molecule has 0 aromatic heterocycles. The molecule has 1 saturated heterocycles. The van der Waals surface area contributed by atoms with E-state index < -0.39 is 9.84 Å². The van der Waals surface area contributed by atoms with Gasteiger partial charge < -0.3 is 5.32 Å². The second-order valence-electron chi connectivity index (χ2n) is 4.33. The Morgan fingerprint density at radius 3 is 2.62 bits per heavy atom. The maximum absolute atomic E-state index is 11.9. The second kappa shape index (κ2) is 4.97. The molecule has 2 rings (SSSR count). The Balaban J connectivity index is 1.97. The largest absolute Gasteiger partial charge is 0.313 e. The van der Waals surface area contributed by atoms with E-state index in [1.165, 1.54) is 0 Å². The van der Waals surface area contributed by atoms with Crippen LogP contribution >= 0.6 is 0 Å². The molecule has 1 N–H and O–H groups in total. The predicted molar refractivity (Wildman–Crippen MR) is 65.0 cm³/mol. The minimum atomic E-state index is -2.98. The van der Waals surface area contributed by atoms with Gasteiger partial charge in [-0.25, -0.2) is 8.42 Å². The highest BCUT2D eigenvalue weighted by atomic mass is 32.2. The zero-order chi connectivity index (χ0) is 11.4. The van der Waals surface area contributed by atoms with E-state index in [9.17, 15) is 8.42 Å². The summed E-state index contributed by atoms with van der Waals surface area (Å²) in [6.45, 7) is 0.950. The lowest BCUT2D eigenvalue weighted by molar-refractivity contribution is 0.576. The van der Waals surface area contributed by atoms with Gasteiger partial charge in [0.1, 0.15) is 0 Å². The number of benzene rings is 1. The number of hydrogen-bond acceptors (Lipinski definition) is 3. The summed E-state index contributed by atoms with van der Waals surface area (Å²) < 4.78 is 23.8. The Bertz CT molecular complexity index is 422. The van der Waals surface area contributed by atoms with Gasteiger partial charge in [-0.3, -0.25) is 0 Å². The van der Waals surface area contributed by atoms with Crippen molar-refractivity contribution < 1.29 is 8.42 Å². The third-order valence-electron chi connectivity index (χ3n) is 2.85. The molecule has 0 saturated carbocycles. The summed E-state index contributed by atoms with van der Waals surface area (Å²) in [5.74, 6) is 0.425. The Morgan fingerprint density at radius 2 is 2.00 bits per heavy atom. The van der Waals surface area contributed by atoms with E-state index in [0.717, 1.165) is 24.9 Å². The lowest BCUT2D eigenvalue weighted by Crippen LogP contribution is -2.30. The molecule has 1 aliphatic rings. The van der Waals surface area contributed by atoms with Gasteiger partial charge in [-0.15, -0.1) is 0 Å². The van der Waals surface area contributed by atoms with Crippen LogP contribution in [0.2, 0.25) is 0 Å². The van der Waals surface area contributed by atoms with E-state index in [2.05, 4.69) is 5.32 Å². The van der Waals surface area contributed by atoms with Crippen LogP contribution in [0.25, 0.3) is 0 Å². The van der Waals surface area contributed by atoms with E-state index in [1.807, 2.05) is 30.3 Å². The van der Waals surface area contributed by atoms with E-state index in [-0.39, 0.29) is 17.5 Å². The third-order valence-corrected chi connectivity index (χ3v) is 4.53. The van der Waals surface area contributed by atoms with Gasteiger partial charge in [-0.1, -0.05) is 30.3 Å². The van der Waals surface area contributed by atoms with E-state index in [0.29, 0.717) is 0 Å². The van der Waals surface area contributed by atoms with Gasteiger partial charge in [-0.2, -0.15) is 0 Å². The highest BCUT2D eigenvalue weighted by molar-refractivity contribution is 7.90. The highest BCUT2D eigenvalue weighted by Crippen LogP contribution is 2.12. The first-order valence-corrected chi connectivity index (χ1v) is 7.46. The van der Waals surface area contributed by atoms with Crippen LogP contribution in [0, 0.1) is 0 Å². The van der Waals surface area contributed by atoms with Crippen LogP contribution in [-0.2, 0) is 15.6 Å². The lowest BCUT2D eigenvalue weighted by atomic mass is 10.2. The predicted octanol–water partition coefficient (Wildman–Crippen LogP) is 1.35. The van der Waals surface area contributed by atoms with Gasteiger partial charge in [0.25, 0.3) is 0 Å². The first-order chi connectivity index (χ1) is 7.66. The van der Waals surface area contributed by atoms with Crippen molar-refractivity contribution in [2.75, 3.05) is 12.3 Å². The summed E-state index contributed by atoms with van der Waals surface area (Å²) in [4.78, 5) is 0. The molecule has 0 amide bonds. The summed E-state index contributed by atoms with van der Waals surface area (Å²) in [5, 5.41) is 3.22. The van der Waals surface area contributed by atoms with Crippen molar-refractivity contribution in [3.05, 3.63) is 35.9 Å². The van der Waals surface area contributed by atoms with Crippen molar-refractivity contribution in [2.45, 2.75) is 24.6 Å². The molecule has 4 heteroatoms. The molecular formula is C12H17NO2S. The molecular weight excluding hydrogens is 222 g/mol. The van der Waals surface area contributed by atoms with Crippen LogP contribution < -0.4 is 5.32 Å². The van der Waals surface area contributed by atoms with E-state index in [4.69, 9.17) is 0 Å². The minimum absolute atomic E-state index is 0.159. The molecule has 0 bridgehead atoms. The van der Waals surface area contributed by atoms with Crippen molar-refractivity contribution in [3.8, 4) is 0 Å². The molecule has 1 heterocycles. The van der Waals surface area contributed by atoms with Gasteiger partial charge in [0.05, 0.1) is 11.5 Å². The molecule has 0 aliphatic carbocycles. The maximum atomic E-state index is 11.9. The molecule has 0 radical (unpaired) electrons. The van der Waals surface area contributed by atoms with E-state index >= 15 is 0 Å². The second-order valence-corrected chi connectivity index (χ2v) is 6.44. The Hall–Kier alpha value is -0.870. The minimum Gasteiger partial charge on any atom is -0.313 e. The van der Waals surface area contributed by atoms with Crippen LogP contribution in [0.1, 0.15) is 18.4 Å². The quantitative estimate of drug-likeness (QED) is 0.863. The summed E-state index contributed by atoms with van der Waals surface area (Å²) in [5.41, 5.74) is 0.875.